The van der Waals surface area contributed by atoms with E-state index >= 15 is 0 Å². The molecule has 0 spiro atoms. The Bertz CT molecular complexity index is 712. The molecular weight excluding hydrogens is 252 g/mol. The molecule has 0 atom stereocenters. The summed E-state index contributed by atoms with van der Waals surface area (Å²) in [5, 5.41) is 16.8. The van der Waals surface area contributed by atoms with Crippen LogP contribution in [0.4, 0.5) is 0 Å². The van der Waals surface area contributed by atoms with Crippen LogP contribution in [-0.4, -0.2) is 30.0 Å². The van der Waals surface area contributed by atoms with E-state index in [2.05, 4.69) is 45.6 Å². The van der Waals surface area contributed by atoms with Gasteiger partial charge in [-0.3, -0.25) is 4.68 Å². The quantitative estimate of drug-likeness (QED) is 0.725. The van der Waals surface area contributed by atoms with Gasteiger partial charge in [-0.15, -0.1) is 10.2 Å². The molecule has 102 valence electrons. The molecule has 1 aromatic carbocycles. The van der Waals surface area contributed by atoms with E-state index in [4.69, 9.17) is 0 Å². The molecule has 3 aromatic rings. The summed E-state index contributed by atoms with van der Waals surface area (Å²) >= 11 is 0. The zero-order chi connectivity index (χ0) is 13.9. The summed E-state index contributed by atoms with van der Waals surface area (Å²) in [5.74, 6) is 0.609. The smallest absolute Gasteiger partial charge is 0.208 e. The van der Waals surface area contributed by atoms with Gasteiger partial charge in [-0.2, -0.15) is 9.90 Å². The van der Waals surface area contributed by atoms with Gasteiger partial charge >= 0.3 is 0 Å². The fourth-order valence-electron chi connectivity index (χ4n) is 2.05. The molecule has 3 rings (SSSR count). The number of aromatic nitrogens is 6. The number of aryl methyl sites for hydroxylation is 2. The molecule has 0 unspecified atom stereocenters. The van der Waals surface area contributed by atoms with Crippen LogP contribution in [0.25, 0.3) is 11.4 Å². The van der Waals surface area contributed by atoms with Crippen molar-refractivity contribution >= 4 is 0 Å². The summed E-state index contributed by atoms with van der Waals surface area (Å²) < 4.78 is 1.84. The first-order valence-electron chi connectivity index (χ1n) is 6.61. The van der Waals surface area contributed by atoms with E-state index in [9.17, 15) is 0 Å². The van der Waals surface area contributed by atoms with Crippen LogP contribution in [0.15, 0.2) is 36.7 Å². The van der Waals surface area contributed by atoms with E-state index < -0.39 is 0 Å². The molecule has 6 nitrogen and oxygen atoms in total. The largest absolute Gasteiger partial charge is 0.272 e. The van der Waals surface area contributed by atoms with E-state index in [1.807, 2.05) is 23.9 Å². The molecule has 0 N–H and O–H groups in total. The van der Waals surface area contributed by atoms with Crippen molar-refractivity contribution in [3.05, 3.63) is 47.8 Å². The van der Waals surface area contributed by atoms with Gasteiger partial charge in [0.1, 0.15) is 0 Å². The lowest BCUT2D eigenvalue weighted by Crippen LogP contribution is -2.04. The van der Waals surface area contributed by atoms with Crippen molar-refractivity contribution in [1.29, 1.82) is 0 Å². The summed E-state index contributed by atoms with van der Waals surface area (Å²) in [6.45, 7) is 5.57. The average molecular weight is 268 g/mol. The van der Waals surface area contributed by atoms with Gasteiger partial charge < -0.3 is 0 Å². The van der Waals surface area contributed by atoms with E-state index in [0.717, 1.165) is 12.1 Å². The summed E-state index contributed by atoms with van der Waals surface area (Å²) in [6, 6.07) is 8.29. The monoisotopic (exact) mass is 268 g/mol. The van der Waals surface area contributed by atoms with Crippen molar-refractivity contribution in [2.75, 3.05) is 0 Å². The number of nitrogens with zero attached hydrogens (tertiary/aromatic N) is 6. The van der Waals surface area contributed by atoms with Crippen LogP contribution in [0.5, 0.6) is 0 Å². The fraction of sp³-hybridized carbons (Fsp3) is 0.286. The summed E-state index contributed by atoms with van der Waals surface area (Å²) in [4.78, 5) is 1.60. The van der Waals surface area contributed by atoms with Crippen molar-refractivity contribution < 1.29 is 0 Å². The molecule has 0 saturated carbocycles. The highest BCUT2D eigenvalue weighted by molar-refractivity contribution is 5.50. The minimum absolute atomic E-state index is 0.609. The molecule has 0 bridgehead atoms. The molecule has 20 heavy (non-hydrogen) atoms. The Morgan fingerprint density at radius 3 is 2.90 bits per heavy atom. The Hall–Kier alpha value is -2.50. The topological polar surface area (TPSA) is 61.4 Å². The normalized spacial score (nSPS) is 10.9. The van der Waals surface area contributed by atoms with Gasteiger partial charge in [-0.05, 0) is 24.6 Å². The van der Waals surface area contributed by atoms with Crippen molar-refractivity contribution in [2.24, 2.45) is 0 Å². The van der Waals surface area contributed by atoms with Crippen LogP contribution in [-0.2, 0) is 13.1 Å². The number of hydrogen-bond acceptors (Lipinski definition) is 4. The van der Waals surface area contributed by atoms with Crippen LogP contribution in [0.2, 0.25) is 0 Å². The number of hydrogen-bond donors (Lipinski definition) is 0. The van der Waals surface area contributed by atoms with Gasteiger partial charge in [0.15, 0.2) is 0 Å². The van der Waals surface area contributed by atoms with Crippen LogP contribution < -0.4 is 0 Å². The molecule has 0 aliphatic carbocycles. The predicted molar refractivity (Wildman–Crippen MR) is 75.0 cm³/mol. The zero-order valence-corrected chi connectivity index (χ0v) is 11.6. The van der Waals surface area contributed by atoms with Gasteiger partial charge in [0.25, 0.3) is 0 Å². The van der Waals surface area contributed by atoms with Crippen LogP contribution in [0.1, 0.15) is 18.1 Å². The third-order valence-corrected chi connectivity index (χ3v) is 3.07. The zero-order valence-electron chi connectivity index (χ0n) is 11.6. The van der Waals surface area contributed by atoms with Crippen LogP contribution in [0, 0.1) is 6.92 Å². The van der Waals surface area contributed by atoms with Gasteiger partial charge in [0.2, 0.25) is 5.82 Å². The lowest BCUT2D eigenvalue weighted by molar-refractivity contribution is 0.572. The van der Waals surface area contributed by atoms with E-state index in [-0.39, 0.29) is 0 Å². The Morgan fingerprint density at radius 2 is 2.15 bits per heavy atom. The van der Waals surface area contributed by atoms with Crippen molar-refractivity contribution in [3.8, 4) is 11.4 Å². The predicted octanol–water partition coefficient (Wildman–Crippen LogP) is 1.91. The van der Waals surface area contributed by atoms with E-state index in [0.29, 0.717) is 12.4 Å². The Kier molecular flexibility index (Phi) is 3.28. The summed E-state index contributed by atoms with van der Waals surface area (Å²) in [5.41, 5.74) is 3.28. The molecule has 0 aliphatic rings. The van der Waals surface area contributed by atoms with Crippen molar-refractivity contribution in [1.82, 2.24) is 30.0 Å². The Balaban J connectivity index is 1.80. The molecule has 2 heterocycles. The maximum absolute atomic E-state index is 4.39. The maximum Gasteiger partial charge on any atom is 0.208 e. The Morgan fingerprint density at radius 1 is 1.25 bits per heavy atom. The lowest BCUT2D eigenvalue weighted by atomic mass is 10.1. The number of tetrazole rings is 1. The number of benzene rings is 1. The second-order valence-corrected chi connectivity index (χ2v) is 4.72. The van der Waals surface area contributed by atoms with Crippen molar-refractivity contribution in [2.45, 2.75) is 26.9 Å². The summed E-state index contributed by atoms with van der Waals surface area (Å²) in [7, 11) is 0. The van der Waals surface area contributed by atoms with Gasteiger partial charge in [0, 0.05) is 12.7 Å². The minimum Gasteiger partial charge on any atom is -0.272 e. The second kappa shape index (κ2) is 5.24. The average Bonchev–Trinajstić information content (AvgIpc) is 3.07. The highest BCUT2D eigenvalue weighted by Crippen LogP contribution is 2.12. The third-order valence-electron chi connectivity index (χ3n) is 3.07. The van der Waals surface area contributed by atoms with E-state index in [1.54, 1.807) is 11.0 Å². The molecule has 0 fully saturated rings. The molecule has 0 aliphatic heterocycles. The molecule has 2 aromatic heterocycles. The maximum atomic E-state index is 4.39. The molecule has 0 amide bonds. The second-order valence-electron chi connectivity index (χ2n) is 4.72. The Labute approximate surface area is 117 Å². The highest BCUT2D eigenvalue weighted by Gasteiger charge is 2.08. The fourth-order valence-corrected chi connectivity index (χ4v) is 2.05. The van der Waals surface area contributed by atoms with Gasteiger partial charge in [-0.25, -0.2) is 0 Å². The first kappa shape index (κ1) is 12.5. The standard InChI is InChI=1S/C14H16N6/c1-3-19-10-13(8-15-19)14-16-18-20(17-14)9-12-6-4-5-11(2)7-12/h4-8,10H,3,9H2,1-2H3. The third kappa shape index (κ3) is 2.59. The SMILES string of the molecule is CCn1cc(-c2nnn(Cc3cccc(C)c3)n2)cn1. The van der Waals surface area contributed by atoms with Gasteiger partial charge in [-0.1, -0.05) is 29.8 Å². The van der Waals surface area contributed by atoms with Crippen LogP contribution >= 0.6 is 0 Å². The lowest BCUT2D eigenvalue weighted by Gasteiger charge is -2.00. The summed E-state index contributed by atoms with van der Waals surface area (Å²) in [6.07, 6.45) is 3.69. The molecule has 6 heteroatoms. The molecule has 0 radical (unpaired) electrons. The van der Waals surface area contributed by atoms with Gasteiger partial charge in [0.05, 0.1) is 18.3 Å². The first-order valence-corrected chi connectivity index (χ1v) is 6.61. The number of rotatable bonds is 4. The van der Waals surface area contributed by atoms with Crippen molar-refractivity contribution in [3.63, 3.8) is 0 Å². The van der Waals surface area contributed by atoms with E-state index in [1.165, 1.54) is 11.1 Å². The molecule has 0 saturated heterocycles. The molecular formula is C14H16N6. The minimum atomic E-state index is 0.609. The first-order chi connectivity index (χ1) is 9.74. The highest BCUT2D eigenvalue weighted by atomic mass is 15.6. The van der Waals surface area contributed by atoms with Crippen LogP contribution in [0.3, 0.4) is 0 Å².